The SMILES string of the molecule is O=Cc1ccc(CC2CNCCO2)o1. The van der Waals surface area contributed by atoms with Gasteiger partial charge in [0.05, 0.1) is 12.7 Å². The third kappa shape index (κ3) is 2.21. The molecular weight excluding hydrogens is 182 g/mol. The van der Waals surface area contributed by atoms with Crippen LogP contribution in [0.3, 0.4) is 0 Å². The summed E-state index contributed by atoms with van der Waals surface area (Å²) in [5.74, 6) is 1.18. The average Bonchev–Trinajstić information content (AvgIpc) is 2.67. The number of hydrogen-bond acceptors (Lipinski definition) is 4. The molecule has 1 N–H and O–H groups in total. The van der Waals surface area contributed by atoms with Gasteiger partial charge in [0.15, 0.2) is 12.0 Å². The Balaban J connectivity index is 1.92. The van der Waals surface area contributed by atoms with Crippen LogP contribution >= 0.6 is 0 Å². The normalized spacial score (nSPS) is 22.1. The summed E-state index contributed by atoms with van der Waals surface area (Å²) >= 11 is 0. The summed E-state index contributed by atoms with van der Waals surface area (Å²) in [4.78, 5) is 10.4. The molecule has 0 amide bonds. The van der Waals surface area contributed by atoms with Gasteiger partial charge in [-0.1, -0.05) is 0 Å². The number of aldehydes is 1. The van der Waals surface area contributed by atoms with Crippen molar-refractivity contribution >= 4 is 6.29 Å². The second-order valence-corrected chi connectivity index (χ2v) is 3.32. The molecule has 1 atom stereocenters. The van der Waals surface area contributed by atoms with E-state index in [-0.39, 0.29) is 6.10 Å². The molecule has 0 radical (unpaired) electrons. The number of morpholine rings is 1. The van der Waals surface area contributed by atoms with Crippen LogP contribution in [-0.2, 0) is 11.2 Å². The van der Waals surface area contributed by atoms with E-state index in [1.165, 1.54) is 0 Å². The third-order valence-corrected chi connectivity index (χ3v) is 2.23. The topological polar surface area (TPSA) is 51.5 Å². The van der Waals surface area contributed by atoms with E-state index in [0.717, 1.165) is 31.9 Å². The van der Waals surface area contributed by atoms with Crippen molar-refractivity contribution in [3.05, 3.63) is 23.7 Å². The lowest BCUT2D eigenvalue weighted by Crippen LogP contribution is -2.39. The second-order valence-electron chi connectivity index (χ2n) is 3.32. The lowest BCUT2D eigenvalue weighted by molar-refractivity contribution is 0.0261. The summed E-state index contributed by atoms with van der Waals surface area (Å²) < 4.78 is 10.8. The van der Waals surface area contributed by atoms with Crippen LogP contribution in [0.25, 0.3) is 0 Å². The molecule has 0 saturated carbocycles. The number of furan rings is 1. The smallest absolute Gasteiger partial charge is 0.185 e. The molecule has 1 aromatic rings. The molecule has 0 bridgehead atoms. The Morgan fingerprint density at radius 1 is 1.57 bits per heavy atom. The summed E-state index contributed by atoms with van der Waals surface area (Å²) in [7, 11) is 0. The maximum Gasteiger partial charge on any atom is 0.185 e. The Morgan fingerprint density at radius 3 is 3.14 bits per heavy atom. The minimum absolute atomic E-state index is 0.161. The largest absolute Gasteiger partial charge is 0.458 e. The predicted octanol–water partition coefficient (Wildman–Crippen LogP) is 0.623. The molecule has 1 aliphatic rings. The van der Waals surface area contributed by atoms with Gasteiger partial charge < -0.3 is 14.5 Å². The van der Waals surface area contributed by atoms with Crippen molar-refractivity contribution in [1.29, 1.82) is 0 Å². The second kappa shape index (κ2) is 4.39. The molecule has 0 spiro atoms. The quantitative estimate of drug-likeness (QED) is 0.718. The van der Waals surface area contributed by atoms with E-state index < -0.39 is 0 Å². The first-order chi connectivity index (χ1) is 6.88. The molecule has 1 aromatic heterocycles. The zero-order chi connectivity index (χ0) is 9.80. The Morgan fingerprint density at radius 2 is 2.50 bits per heavy atom. The van der Waals surface area contributed by atoms with Crippen LogP contribution in [0.5, 0.6) is 0 Å². The number of carbonyl (C=O) groups is 1. The van der Waals surface area contributed by atoms with E-state index in [1.807, 2.05) is 6.07 Å². The van der Waals surface area contributed by atoms with Gasteiger partial charge in [-0.2, -0.15) is 0 Å². The zero-order valence-electron chi connectivity index (χ0n) is 7.86. The fourth-order valence-electron chi connectivity index (χ4n) is 1.54. The van der Waals surface area contributed by atoms with E-state index in [9.17, 15) is 4.79 Å². The van der Waals surface area contributed by atoms with E-state index in [4.69, 9.17) is 9.15 Å². The van der Waals surface area contributed by atoms with Crippen molar-refractivity contribution in [2.45, 2.75) is 12.5 Å². The molecule has 1 unspecified atom stereocenters. The Labute approximate surface area is 82.2 Å². The highest BCUT2D eigenvalue weighted by molar-refractivity contribution is 5.70. The van der Waals surface area contributed by atoms with Crippen LogP contribution in [0, 0.1) is 0 Å². The highest BCUT2D eigenvalue weighted by Crippen LogP contribution is 2.10. The first-order valence-corrected chi connectivity index (χ1v) is 4.74. The summed E-state index contributed by atoms with van der Waals surface area (Å²) in [6.07, 6.45) is 1.60. The van der Waals surface area contributed by atoms with E-state index >= 15 is 0 Å². The standard InChI is InChI=1S/C10H13NO3/c12-7-9-2-1-8(14-9)5-10-6-11-3-4-13-10/h1-2,7,10-11H,3-6H2. The first kappa shape index (κ1) is 9.43. The van der Waals surface area contributed by atoms with Crippen LogP contribution in [0.2, 0.25) is 0 Å². The van der Waals surface area contributed by atoms with Crippen LogP contribution in [0.15, 0.2) is 16.5 Å². The fourth-order valence-corrected chi connectivity index (χ4v) is 1.54. The summed E-state index contributed by atoms with van der Waals surface area (Å²) in [5.41, 5.74) is 0. The monoisotopic (exact) mass is 195 g/mol. The molecule has 76 valence electrons. The van der Waals surface area contributed by atoms with E-state index in [0.29, 0.717) is 12.0 Å². The molecule has 1 saturated heterocycles. The van der Waals surface area contributed by atoms with Gasteiger partial charge >= 0.3 is 0 Å². The first-order valence-electron chi connectivity index (χ1n) is 4.74. The minimum Gasteiger partial charge on any atom is -0.458 e. The van der Waals surface area contributed by atoms with Crippen LogP contribution < -0.4 is 5.32 Å². The van der Waals surface area contributed by atoms with Crippen LogP contribution in [-0.4, -0.2) is 32.1 Å². The highest BCUT2D eigenvalue weighted by atomic mass is 16.5. The fraction of sp³-hybridized carbons (Fsp3) is 0.500. The lowest BCUT2D eigenvalue weighted by atomic mass is 10.2. The predicted molar refractivity (Wildman–Crippen MR) is 50.4 cm³/mol. The molecule has 0 aliphatic carbocycles. The van der Waals surface area contributed by atoms with Gasteiger partial charge in [0.1, 0.15) is 5.76 Å². The maximum atomic E-state index is 10.4. The van der Waals surface area contributed by atoms with E-state index in [1.54, 1.807) is 6.07 Å². The molecule has 4 heteroatoms. The average molecular weight is 195 g/mol. The molecule has 2 heterocycles. The van der Waals surface area contributed by atoms with Crippen molar-refractivity contribution in [1.82, 2.24) is 5.32 Å². The maximum absolute atomic E-state index is 10.4. The number of rotatable bonds is 3. The summed E-state index contributed by atoms with van der Waals surface area (Å²) in [6.45, 7) is 2.50. The van der Waals surface area contributed by atoms with Gasteiger partial charge in [-0.3, -0.25) is 4.79 Å². The van der Waals surface area contributed by atoms with Gasteiger partial charge in [-0.05, 0) is 12.1 Å². The van der Waals surface area contributed by atoms with Gasteiger partial charge in [0.25, 0.3) is 0 Å². The van der Waals surface area contributed by atoms with Gasteiger partial charge in [0, 0.05) is 19.5 Å². The molecular formula is C10H13NO3. The van der Waals surface area contributed by atoms with Gasteiger partial charge in [-0.15, -0.1) is 0 Å². The molecule has 1 fully saturated rings. The van der Waals surface area contributed by atoms with Crippen molar-refractivity contribution < 1.29 is 13.9 Å². The summed E-state index contributed by atoms with van der Waals surface area (Å²) in [5, 5.41) is 3.24. The number of ether oxygens (including phenoxy) is 1. The van der Waals surface area contributed by atoms with Crippen molar-refractivity contribution in [3.63, 3.8) is 0 Å². The molecule has 0 aromatic carbocycles. The molecule has 4 nitrogen and oxygen atoms in total. The van der Waals surface area contributed by atoms with Crippen LogP contribution in [0.1, 0.15) is 16.3 Å². The molecule has 14 heavy (non-hydrogen) atoms. The summed E-state index contributed by atoms with van der Waals surface area (Å²) in [6, 6.07) is 3.50. The Hall–Kier alpha value is -1.13. The number of hydrogen-bond donors (Lipinski definition) is 1. The van der Waals surface area contributed by atoms with Crippen LogP contribution in [0.4, 0.5) is 0 Å². The molecule has 2 rings (SSSR count). The van der Waals surface area contributed by atoms with Crippen molar-refractivity contribution in [3.8, 4) is 0 Å². The number of nitrogens with one attached hydrogen (secondary N) is 1. The minimum atomic E-state index is 0.161. The van der Waals surface area contributed by atoms with Gasteiger partial charge in [-0.25, -0.2) is 0 Å². The third-order valence-electron chi connectivity index (χ3n) is 2.23. The van der Waals surface area contributed by atoms with Crippen molar-refractivity contribution in [2.75, 3.05) is 19.7 Å². The molecule has 1 aliphatic heterocycles. The zero-order valence-corrected chi connectivity index (χ0v) is 7.86. The lowest BCUT2D eigenvalue weighted by Gasteiger charge is -2.22. The number of carbonyl (C=O) groups excluding carboxylic acids is 1. The highest BCUT2D eigenvalue weighted by Gasteiger charge is 2.15. The Bertz CT molecular complexity index is 302. The van der Waals surface area contributed by atoms with Gasteiger partial charge in [0.2, 0.25) is 0 Å². The van der Waals surface area contributed by atoms with Crippen molar-refractivity contribution in [2.24, 2.45) is 0 Å². The van der Waals surface area contributed by atoms with E-state index in [2.05, 4.69) is 5.32 Å². The Kier molecular flexibility index (Phi) is 2.96.